The summed E-state index contributed by atoms with van der Waals surface area (Å²) < 4.78 is 11.0. The van der Waals surface area contributed by atoms with E-state index >= 15 is 0 Å². The number of nitrogens with zero attached hydrogens (tertiary/aromatic N) is 1. The van der Waals surface area contributed by atoms with Gasteiger partial charge in [0.1, 0.15) is 0 Å². The maximum atomic E-state index is 11.5. The lowest BCUT2D eigenvalue weighted by Crippen LogP contribution is -2.32. The molecule has 0 saturated carbocycles. The summed E-state index contributed by atoms with van der Waals surface area (Å²) in [5.41, 5.74) is 1.14. The topological polar surface area (TPSA) is 62.8 Å². The van der Waals surface area contributed by atoms with Crippen molar-refractivity contribution in [2.45, 2.75) is 39.2 Å². The van der Waals surface area contributed by atoms with Crippen LogP contribution >= 0.6 is 0 Å². The third kappa shape index (κ3) is 7.22. The SMILES string of the molecule is CCNC(=O)COc1ccc(CNCCN2CCCCCC2)cc1OC. The Hall–Kier alpha value is -1.79. The predicted molar refractivity (Wildman–Crippen MR) is 104 cm³/mol. The lowest BCUT2D eigenvalue weighted by atomic mass is 10.2. The second kappa shape index (κ2) is 11.8. The molecule has 6 heteroatoms. The third-order valence-electron chi connectivity index (χ3n) is 4.59. The Bertz CT molecular complexity index is 543. The molecule has 1 aromatic rings. The minimum atomic E-state index is -0.131. The van der Waals surface area contributed by atoms with Crippen molar-refractivity contribution in [2.24, 2.45) is 0 Å². The molecule has 1 saturated heterocycles. The van der Waals surface area contributed by atoms with Crippen molar-refractivity contribution >= 4 is 5.91 Å². The first-order chi connectivity index (χ1) is 12.7. The molecular formula is C20H33N3O3. The fraction of sp³-hybridized carbons (Fsp3) is 0.650. The van der Waals surface area contributed by atoms with Crippen molar-refractivity contribution < 1.29 is 14.3 Å². The summed E-state index contributed by atoms with van der Waals surface area (Å²) in [5, 5.41) is 6.22. The van der Waals surface area contributed by atoms with Crippen molar-refractivity contribution in [2.75, 3.05) is 46.4 Å². The van der Waals surface area contributed by atoms with E-state index in [1.54, 1.807) is 7.11 Å². The molecule has 1 aliphatic rings. The van der Waals surface area contributed by atoms with Crippen LogP contribution in [0.5, 0.6) is 11.5 Å². The Morgan fingerprint density at radius 2 is 1.92 bits per heavy atom. The minimum Gasteiger partial charge on any atom is -0.493 e. The average Bonchev–Trinajstić information content (AvgIpc) is 2.93. The van der Waals surface area contributed by atoms with Gasteiger partial charge in [0, 0.05) is 26.2 Å². The number of carbonyl (C=O) groups excluding carboxylic acids is 1. The number of hydrogen-bond donors (Lipinski definition) is 2. The van der Waals surface area contributed by atoms with Crippen LogP contribution in [0.3, 0.4) is 0 Å². The molecule has 1 aromatic carbocycles. The highest BCUT2D eigenvalue weighted by Crippen LogP contribution is 2.28. The molecule has 0 bridgehead atoms. The highest BCUT2D eigenvalue weighted by atomic mass is 16.5. The Kier molecular flexibility index (Phi) is 9.28. The zero-order valence-electron chi connectivity index (χ0n) is 16.2. The number of carbonyl (C=O) groups is 1. The van der Waals surface area contributed by atoms with Crippen LogP contribution in [-0.2, 0) is 11.3 Å². The highest BCUT2D eigenvalue weighted by molar-refractivity contribution is 5.77. The maximum absolute atomic E-state index is 11.5. The first-order valence-corrected chi connectivity index (χ1v) is 9.72. The number of nitrogens with one attached hydrogen (secondary N) is 2. The number of ether oxygens (including phenoxy) is 2. The number of likely N-dealkylation sites (N-methyl/N-ethyl adjacent to an activating group) is 1. The van der Waals surface area contributed by atoms with Crippen molar-refractivity contribution in [3.63, 3.8) is 0 Å². The van der Waals surface area contributed by atoms with E-state index in [2.05, 4.69) is 15.5 Å². The molecule has 0 aliphatic carbocycles. The summed E-state index contributed by atoms with van der Waals surface area (Å²) >= 11 is 0. The van der Waals surface area contributed by atoms with Crippen LogP contribution in [0.25, 0.3) is 0 Å². The predicted octanol–water partition coefficient (Wildman–Crippen LogP) is 2.18. The van der Waals surface area contributed by atoms with Gasteiger partial charge < -0.3 is 25.0 Å². The fourth-order valence-electron chi connectivity index (χ4n) is 3.16. The lowest BCUT2D eigenvalue weighted by molar-refractivity contribution is -0.123. The van der Waals surface area contributed by atoms with Crippen LogP contribution in [0.2, 0.25) is 0 Å². The second-order valence-corrected chi connectivity index (χ2v) is 6.66. The summed E-state index contributed by atoms with van der Waals surface area (Å²) in [5.74, 6) is 1.11. The Morgan fingerprint density at radius 1 is 1.15 bits per heavy atom. The zero-order valence-corrected chi connectivity index (χ0v) is 16.2. The molecular weight excluding hydrogens is 330 g/mol. The summed E-state index contributed by atoms with van der Waals surface area (Å²) in [6.45, 7) is 7.82. The van der Waals surface area contributed by atoms with Crippen molar-refractivity contribution in [3.05, 3.63) is 23.8 Å². The molecule has 1 heterocycles. The van der Waals surface area contributed by atoms with Crippen molar-refractivity contribution in [1.82, 2.24) is 15.5 Å². The first-order valence-electron chi connectivity index (χ1n) is 9.72. The summed E-state index contributed by atoms with van der Waals surface area (Å²) in [6.07, 6.45) is 5.40. The number of amides is 1. The molecule has 0 atom stereocenters. The number of hydrogen-bond acceptors (Lipinski definition) is 5. The Balaban J connectivity index is 1.75. The van der Waals surface area contributed by atoms with Crippen LogP contribution in [0.1, 0.15) is 38.2 Å². The van der Waals surface area contributed by atoms with E-state index < -0.39 is 0 Å². The molecule has 6 nitrogen and oxygen atoms in total. The van der Waals surface area contributed by atoms with Gasteiger partial charge in [-0.15, -0.1) is 0 Å². The maximum Gasteiger partial charge on any atom is 0.257 e. The quantitative estimate of drug-likeness (QED) is 0.624. The van der Waals surface area contributed by atoms with Gasteiger partial charge in [0.15, 0.2) is 18.1 Å². The van der Waals surface area contributed by atoms with E-state index in [0.717, 1.165) is 25.2 Å². The first kappa shape index (κ1) is 20.5. The minimum absolute atomic E-state index is 0.00235. The van der Waals surface area contributed by atoms with E-state index in [-0.39, 0.29) is 12.5 Å². The van der Waals surface area contributed by atoms with E-state index in [0.29, 0.717) is 18.0 Å². The van der Waals surface area contributed by atoms with Crippen molar-refractivity contribution in [3.8, 4) is 11.5 Å². The van der Waals surface area contributed by atoms with Crippen LogP contribution in [0.4, 0.5) is 0 Å². The number of methoxy groups -OCH3 is 1. The van der Waals surface area contributed by atoms with E-state index in [4.69, 9.17) is 9.47 Å². The monoisotopic (exact) mass is 363 g/mol. The molecule has 0 unspecified atom stereocenters. The summed E-state index contributed by atoms with van der Waals surface area (Å²) in [4.78, 5) is 14.1. The Morgan fingerprint density at radius 3 is 2.62 bits per heavy atom. The summed E-state index contributed by atoms with van der Waals surface area (Å²) in [7, 11) is 1.62. The summed E-state index contributed by atoms with van der Waals surface area (Å²) in [6, 6.07) is 5.84. The largest absolute Gasteiger partial charge is 0.493 e. The number of rotatable bonds is 10. The smallest absolute Gasteiger partial charge is 0.257 e. The van der Waals surface area contributed by atoms with Gasteiger partial charge in [0.25, 0.3) is 5.91 Å². The van der Waals surface area contributed by atoms with Crippen LogP contribution < -0.4 is 20.1 Å². The molecule has 0 spiro atoms. The highest BCUT2D eigenvalue weighted by Gasteiger charge is 2.10. The van der Waals surface area contributed by atoms with Gasteiger partial charge in [-0.1, -0.05) is 18.9 Å². The third-order valence-corrected chi connectivity index (χ3v) is 4.59. The van der Waals surface area contributed by atoms with Gasteiger partial charge in [-0.05, 0) is 50.6 Å². The molecule has 0 radical (unpaired) electrons. The van der Waals surface area contributed by atoms with E-state index in [1.807, 2.05) is 25.1 Å². The molecule has 1 fully saturated rings. The van der Waals surface area contributed by atoms with Gasteiger partial charge in [0.2, 0.25) is 0 Å². The van der Waals surface area contributed by atoms with Gasteiger partial charge in [0.05, 0.1) is 7.11 Å². The molecule has 0 aromatic heterocycles. The normalized spacial score (nSPS) is 15.3. The average molecular weight is 364 g/mol. The van der Waals surface area contributed by atoms with E-state index in [9.17, 15) is 4.79 Å². The van der Waals surface area contributed by atoms with Gasteiger partial charge in [-0.25, -0.2) is 0 Å². The lowest BCUT2D eigenvalue weighted by Gasteiger charge is -2.19. The van der Waals surface area contributed by atoms with Crippen LogP contribution in [0.15, 0.2) is 18.2 Å². The molecule has 146 valence electrons. The Labute approximate surface area is 157 Å². The molecule has 26 heavy (non-hydrogen) atoms. The fourth-order valence-corrected chi connectivity index (χ4v) is 3.16. The number of benzene rings is 1. The number of likely N-dealkylation sites (tertiary alicyclic amines) is 1. The van der Waals surface area contributed by atoms with Crippen LogP contribution in [-0.4, -0.2) is 57.2 Å². The molecule has 2 N–H and O–H groups in total. The van der Waals surface area contributed by atoms with Gasteiger partial charge in [-0.2, -0.15) is 0 Å². The van der Waals surface area contributed by atoms with Crippen LogP contribution in [0, 0.1) is 0 Å². The van der Waals surface area contributed by atoms with Gasteiger partial charge in [-0.3, -0.25) is 4.79 Å². The zero-order chi connectivity index (χ0) is 18.6. The standard InChI is InChI=1S/C20H33N3O3/c1-3-22-20(24)16-26-18-9-8-17(14-19(18)25-2)15-21-10-13-23-11-6-4-5-7-12-23/h8-9,14,21H,3-7,10-13,15-16H2,1-2H3,(H,22,24). The molecule has 1 amide bonds. The van der Waals surface area contributed by atoms with E-state index in [1.165, 1.54) is 38.8 Å². The second-order valence-electron chi connectivity index (χ2n) is 6.66. The van der Waals surface area contributed by atoms with Gasteiger partial charge >= 0.3 is 0 Å². The van der Waals surface area contributed by atoms with Crippen molar-refractivity contribution in [1.29, 1.82) is 0 Å². The molecule has 1 aliphatic heterocycles. The molecule has 2 rings (SSSR count).